The Balaban J connectivity index is 1.38. The summed E-state index contributed by atoms with van der Waals surface area (Å²) in [5.74, 6) is -0.316. The maximum absolute atomic E-state index is 14.8. The van der Waals surface area contributed by atoms with Gasteiger partial charge in [-0.25, -0.2) is 4.39 Å². The van der Waals surface area contributed by atoms with E-state index in [1.807, 2.05) is 91.0 Å². The van der Waals surface area contributed by atoms with Gasteiger partial charge < -0.3 is 5.32 Å². The number of fused-ring (bicyclic) bond motifs is 1. The van der Waals surface area contributed by atoms with Crippen molar-refractivity contribution < 1.29 is 17.6 Å². The van der Waals surface area contributed by atoms with Crippen LogP contribution >= 0.6 is 0 Å². The number of pyridine rings is 1. The number of nitrogens with one attached hydrogen (secondary N) is 1. The van der Waals surface area contributed by atoms with Crippen LogP contribution in [-0.4, -0.2) is 4.98 Å². The number of alkyl halides is 3. The third-order valence-electron chi connectivity index (χ3n) is 7.31. The van der Waals surface area contributed by atoms with Crippen molar-refractivity contribution in [2.45, 2.75) is 19.1 Å². The van der Waals surface area contributed by atoms with Crippen LogP contribution in [0.5, 0.6) is 0 Å². The van der Waals surface area contributed by atoms with Gasteiger partial charge in [0.05, 0.1) is 11.1 Å². The molecule has 6 rings (SSSR count). The van der Waals surface area contributed by atoms with Gasteiger partial charge in [0, 0.05) is 29.4 Å². The topological polar surface area (TPSA) is 24.9 Å². The minimum absolute atomic E-state index is 0.0880. The maximum atomic E-state index is 14.8. The quantitative estimate of drug-likeness (QED) is 0.196. The second-order valence-electron chi connectivity index (χ2n) is 10.1. The highest BCUT2D eigenvalue weighted by Gasteiger charge is 2.33. The van der Waals surface area contributed by atoms with E-state index in [1.165, 1.54) is 12.1 Å². The van der Waals surface area contributed by atoms with Gasteiger partial charge in [0.2, 0.25) is 0 Å². The Kier molecular flexibility index (Phi) is 7.44. The van der Waals surface area contributed by atoms with Gasteiger partial charge in [0.25, 0.3) is 0 Å². The van der Waals surface area contributed by atoms with Crippen LogP contribution in [0.2, 0.25) is 0 Å². The normalized spacial score (nSPS) is 11.5. The summed E-state index contributed by atoms with van der Waals surface area (Å²) in [5, 5.41) is 3.74. The van der Waals surface area contributed by atoms with Gasteiger partial charge in [0.15, 0.2) is 0 Å². The summed E-state index contributed by atoms with van der Waals surface area (Å²) in [4.78, 5) is 4.29. The smallest absolute Gasteiger partial charge is 0.381 e. The SMILES string of the molecule is Fc1ccc(-c2ccccc2)cc1CNc1cccc(-c2c(Cc3ccccc3)cnc3c(C(F)(F)F)cccc23)c1. The van der Waals surface area contributed by atoms with Gasteiger partial charge in [-0.1, -0.05) is 91.0 Å². The minimum Gasteiger partial charge on any atom is -0.381 e. The Hall–Kier alpha value is -4.97. The van der Waals surface area contributed by atoms with E-state index in [1.54, 1.807) is 18.3 Å². The molecule has 0 fully saturated rings. The number of aromatic nitrogens is 1. The fourth-order valence-electron chi connectivity index (χ4n) is 5.29. The van der Waals surface area contributed by atoms with Crippen molar-refractivity contribution in [1.82, 2.24) is 4.98 Å². The molecule has 0 aliphatic rings. The van der Waals surface area contributed by atoms with Gasteiger partial charge in [0.1, 0.15) is 5.82 Å². The molecule has 1 aromatic heterocycles. The number of rotatable bonds is 7. The van der Waals surface area contributed by atoms with Crippen molar-refractivity contribution in [2.75, 3.05) is 5.32 Å². The van der Waals surface area contributed by atoms with Gasteiger partial charge in [-0.3, -0.25) is 4.98 Å². The molecule has 0 saturated carbocycles. The Morgan fingerprint density at radius 2 is 1.36 bits per heavy atom. The van der Waals surface area contributed by atoms with E-state index >= 15 is 0 Å². The van der Waals surface area contributed by atoms with Crippen molar-refractivity contribution >= 4 is 16.6 Å². The number of hydrogen-bond donors (Lipinski definition) is 1. The number of nitrogens with zero attached hydrogens (tertiary/aromatic N) is 1. The van der Waals surface area contributed by atoms with Crippen LogP contribution in [-0.2, 0) is 19.1 Å². The van der Waals surface area contributed by atoms with E-state index < -0.39 is 11.7 Å². The first-order valence-electron chi connectivity index (χ1n) is 13.6. The van der Waals surface area contributed by atoms with Gasteiger partial charge in [-0.2, -0.15) is 13.2 Å². The van der Waals surface area contributed by atoms with Crippen LogP contribution in [0.4, 0.5) is 23.2 Å². The average molecular weight is 563 g/mol. The van der Waals surface area contributed by atoms with Crippen LogP contribution in [0.15, 0.2) is 128 Å². The maximum Gasteiger partial charge on any atom is 0.418 e. The molecule has 0 aliphatic heterocycles. The summed E-state index contributed by atoms with van der Waals surface area (Å²) in [6, 6.07) is 36.2. The Labute approximate surface area is 241 Å². The van der Waals surface area contributed by atoms with E-state index in [9.17, 15) is 17.6 Å². The molecule has 6 aromatic rings. The molecule has 1 N–H and O–H groups in total. The second-order valence-corrected chi connectivity index (χ2v) is 10.1. The summed E-state index contributed by atoms with van der Waals surface area (Å²) in [6.07, 6.45) is -2.48. The number of hydrogen-bond acceptors (Lipinski definition) is 2. The Morgan fingerprint density at radius 1 is 0.643 bits per heavy atom. The molecule has 1 heterocycles. The van der Waals surface area contributed by atoms with Gasteiger partial charge in [-0.15, -0.1) is 0 Å². The Bertz CT molecular complexity index is 1850. The highest BCUT2D eigenvalue weighted by molar-refractivity contribution is 5.98. The number of para-hydroxylation sites is 1. The van der Waals surface area contributed by atoms with Crippen molar-refractivity contribution in [1.29, 1.82) is 0 Å². The first kappa shape index (κ1) is 27.2. The fraction of sp³-hybridized carbons (Fsp3) is 0.0833. The summed E-state index contributed by atoms with van der Waals surface area (Å²) in [6.45, 7) is 0.238. The molecular weight excluding hydrogens is 536 g/mol. The van der Waals surface area contributed by atoms with E-state index in [-0.39, 0.29) is 17.9 Å². The molecule has 208 valence electrons. The first-order valence-corrected chi connectivity index (χ1v) is 13.6. The molecule has 0 radical (unpaired) electrons. The minimum atomic E-state index is -4.54. The molecule has 0 amide bonds. The standard InChI is InChI=1S/C36H26F4N2/c37-33-18-17-26(25-11-5-2-6-12-25)20-28(33)22-41-30-14-7-13-27(21-30)34-29(19-24-9-3-1-4-10-24)23-42-35-31(34)15-8-16-32(35)36(38,39)40/h1-18,20-21,23,41H,19,22H2. The zero-order valence-electron chi connectivity index (χ0n) is 22.5. The summed E-state index contributed by atoms with van der Waals surface area (Å²) >= 11 is 0. The average Bonchev–Trinajstić information content (AvgIpc) is 3.01. The molecule has 2 nitrogen and oxygen atoms in total. The molecule has 0 unspecified atom stereocenters. The molecule has 0 atom stereocenters. The van der Waals surface area contributed by atoms with E-state index in [4.69, 9.17) is 0 Å². The first-order chi connectivity index (χ1) is 20.4. The molecular formula is C36H26F4N2. The lowest BCUT2D eigenvalue weighted by molar-refractivity contribution is -0.136. The molecule has 6 heteroatoms. The molecule has 0 spiro atoms. The van der Waals surface area contributed by atoms with Crippen LogP contribution in [0, 0.1) is 5.82 Å². The summed E-state index contributed by atoms with van der Waals surface area (Å²) in [5.41, 5.74) is 5.56. The highest BCUT2D eigenvalue weighted by Crippen LogP contribution is 2.39. The largest absolute Gasteiger partial charge is 0.418 e. The van der Waals surface area contributed by atoms with Crippen LogP contribution in [0.1, 0.15) is 22.3 Å². The summed E-state index contributed by atoms with van der Waals surface area (Å²) in [7, 11) is 0. The Morgan fingerprint density at radius 3 is 2.12 bits per heavy atom. The van der Waals surface area contributed by atoms with Crippen LogP contribution in [0.25, 0.3) is 33.2 Å². The lowest BCUT2D eigenvalue weighted by atomic mass is 9.91. The van der Waals surface area contributed by atoms with Crippen LogP contribution < -0.4 is 5.32 Å². The molecule has 42 heavy (non-hydrogen) atoms. The van der Waals surface area contributed by atoms with E-state index in [0.29, 0.717) is 22.9 Å². The van der Waals surface area contributed by atoms with Gasteiger partial charge in [-0.05, 0) is 70.1 Å². The molecule has 0 bridgehead atoms. The molecule has 0 saturated heterocycles. The van der Waals surface area contributed by atoms with E-state index in [0.717, 1.165) is 39.6 Å². The monoisotopic (exact) mass is 562 g/mol. The lowest BCUT2D eigenvalue weighted by Crippen LogP contribution is -2.07. The lowest BCUT2D eigenvalue weighted by Gasteiger charge is -2.17. The zero-order chi connectivity index (χ0) is 29.1. The van der Waals surface area contributed by atoms with Crippen LogP contribution in [0.3, 0.4) is 0 Å². The predicted octanol–water partition coefficient (Wildman–Crippen LogP) is 9.93. The van der Waals surface area contributed by atoms with E-state index in [2.05, 4.69) is 10.3 Å². The number of benzene rings is 5. The number of anilines is 1. The predicted molar refractivity (Wildman–Crippen MR) is 161 cm³/mol. The van der Waals surface area contributed by atoms with Crippen molar-refractivity contribution in [3.8, 4) is 22.3 Å². The van der Waals surface area contributed by atoms with Crippen molar-refractivity contribution in [2.24, 2.45) is 0 Å². The van der Waals surface area contributed by atoms with Crippen molar-refractivity contribution in [3.63, 3.8) is 0 Å². The third-order valence-corrected chi connectivity index (χ3v) is 7.31. The second kappa shape index (κ2) is 11.5. The molecule has 0 aliphatic carbocycles. The van der Waals surface area contributed by atoms with Gasteiger partial charge >= 0.3 is 6.18 Å². The molecule has 5 aromatic carbocycles. The highest BCUT2D eigenvalue weighted by atomic mass is 19.4. The zero-order valence-corrected chi connectivity index (χ0v) is 22.5. The summed E-state index contributed by atoms with van der Waals surface area (Å²) < 4.78 is 56.5. The van der Waals surface area contributed by atoms with Crippen molar-refractivity contribution in [3.05, 3.63) is 156 Å². The third kappa shape index (κ3) is 5.75. The fourth-order valence-corrected chi connectivity index (χ4v) is 5.29. The number of halogens is 4.